The summed E-state index contributed by atoms with van der Waals surface area (Å²) < 4.78 is 16.7. The van der Waals surface area contributed by atoms with E-state index in [0.717, 1.165) is 0 Å². The van der Waals surface area contributed by atoms with E-state index >= 15 is 0 Å². The molecule has 0 spiro atoms. The SMILES string of the molecule is C[C@@H](C(=O)O[C@@H]1C[C@@H](C(=O)OC(C)(C)C)N(C(=O)OC(C)(C)C)C1)c1cccc(C(=O)c2ccccc2)c1. The molecule has 1 aliphatic rings. The van der Waals surface area contributed by atoms with Crippen LogP contribution in [-0.2, 0) is 23.8 Å². The minimum absolute atomic E-state index is 0.00379. The first-order valence-electron chi connectivity index (χ1n) is 12.8. The summed E-state index contributed by atoms with van der Waals surface area (Å²) in [5.41, 5.74) is 0.141. The van der Waals surface area contributed by atoms with Gasteiger partial charge < -0.3 is 14.2 Å². The van der Waals surface area contributed by atoms with Gasteiger partial charge in [0, 0.05) is 17.5 Å². The second-order valence-corrected chi connectivity index (χ2v) is 11.5. The van der Waals surface area contributed by atoms with Gasteiger partial charge in [-0.3, -0.25) is 14.5 Å². The van der Waals surface area contributed by atoms with Crippen LogP contribution in [0.25, 0.3) is 0 Å². The van der Waals surface area contributed by atoms with Crippen LogP contribution >= 0.6 is 0 Å². The third-order valence-electron chi connectivity index (χ3n) is 5.89. The molecule has 0 radical (unpaired) electrons. The van der Waals surface area contributed by atoms with E-state index in [2.05, 4.69) is 0 Å². The van der Waals surface area contributed by atoms with Crippen LogP contribution in [0.1, 0.15) is 82.3 Å². The Kier molecular flexibility index (Phi) is 8.65. The van der Waals surface area contributed by atoms with Crippen LogP contribution in [0.5, 0.6) is 0 Å². The van der Waals surface area contributed by atoms with E-state index in [1.165, 1.54) is 4.90 Å². The predicted octanol–water partition coefficient (Wildman–Crippen LogP) is 5.28. The van der Waals surface area contributed by atoms with Crippen LogP contribution in [0.3, 0.4) is 0 Å². The first-order chi connectivity index (χ1) is 17.6. The molecular weight excluding hydrogens is 486 g/mol. The molecule has 2 aromatic rings. The molecule has 1 amide bonds. The van der Waals surface area contributed by atoms with Gasteiger partial charge in [0.15, 0.2) is 5.78 Å². The largest absolute Gasteiger partial charge is 0.460 e. The summed E-state index contributed by atoms with van der Waals surface area (Å²) in [6.45, 7) is 12.1. The molecule has 8 nitrogen and oxygen atoms in total. The standard InChI is InChI=1S/C30H37NO7/c1-19(21-14-11-15-22(16-21)25(32)20-12-9-8-10-13-20)26(33)36-23-17-24(27(34)37-29(2,3)4)31(18-23)28(35)38-30(5,6)7/h8-16,19,23-24H,17-18H2,1-7H3/t19-,23-,24+/m1/s1. The van der Waals surface area contributed by atoms with E-state index in [1.54, 1.807) is 97.0 Å². The minimum atomic E-state index is -0.941. The number of ether oxygens (including phenoxy) is 3. The monoisotopic (exact) mass is 523 g/mol. The van der Waals surface area contributed by atoms with Crippen molar-refractivity contribution in [2.45, 2.75) is 84.2 Å². The van der Waals surface area contributed by atoms with Crippen molar-refractivity contribution in [3.63, 3.8) is 0 Å². The van der Waals surface area contributed by atoms with Crippen molar-refractivity contribution in [2.75, 3.05) is 6.54 Å². The minimum Gasteiger partial charge on any atom is -0.460 e. The van der Waals surface area contributed by atoms with Crippen LogP contribution < -0.4 is 0 Å². The van der Waals surface area contributed by atoms with E-state index < -0.39 is 47.3 Å². The highest BCUT2D eigenvalue weighted by molar-refractivity contribution is 6.09. The number of rotatable bonds is 6. The Labute approximate surface area is 224 Å². The fourth-order valence-electron chi connectivity index (χ4n) is 4.11. The second kappa shape index (κ2) is 11.4. The number of carbonyl (C=O) groups is 4. The highest BCUT2D eigenvalue weighted by atomic mass is 16.6. The fraction of sp³-hybridized carbons (Fsp3) is 0.467. The number of benzene rings is 2. The molecule has 3 rings (SSSR count). The number of nitrogens with zero attached hydrogens (tertiary/aromatic N) is 1. The van der Waals surface area contributed by atoms with Gasteiger partial charge in [-0.05, 0) is 60.1 Å². The predicted molar refractivity (Wildman–Crippen MR) is 142 cm³/mol. The summed E-state index contributed by atoms with van der Waals surface area (Å²) in [5.74, 6) is -1.92. The first-order valence-corrected chi connectivity index (χ1v) is 12.8. The average molecular weight is 524 g/mol. The van der Waals surface area contributed by atoms with Gasteiger partial charge >= 0.3 is 18.0 Å². The zero-order chi connectivity index (χ0) is 28.3. The zero-order valence-electron chi connectivity index (χ0n) is 23.1. The molecule has 3 atom stereocenters. The summed E-state index contributed by atoms with van der Waals surface area (Å²) in [7, 11) is 0. The molecule has 0 aromatic heterocycles. The summed E-state index contributed by atoms with van der Waals surface area (Å²) in [6.07, 6.45) is -1.30. The van der Waals surface area contributed by atoms with Crippen LogP contribution in [0.15, 0.2) is 54.6 Å². The lowest BCUT2D eigenvalue weighted by molar-refractivity contribution is -0.160. The zero-order valence-corrected chi connectivity index (χ0v) is 23.1. The van der Waals surface area contributed by atoms with Crippen molar-refractivity contribution in [3.05, 3.63) is 71.3 Å². The van der Waals surface area contributed by atoms with Crippen LogP contribution in [0, 0.1) is 0 Å². The van der Waals surface area contributed by atoms with Gasteiger partial charge in [-0.2, -0.15) is 0 Å². The molecule has 0 N–H and O–H groups in total. The van der Waals surface area contributed by atoms with Gasteiger partial charge in [-0.15, -0.1) is 0 Å². The van der Waals surface area contributed by atoms with Crippen molar-refractivity contribution in [1.29, 1.82) is 0 Å². The average Bonchev–Trinajstić information content (AvgIpc) is 3.26. The Hall–Kier alpha value is -3.68. The van der Waals surface area contributed by atoms with Crippen LogP contribution in [0.2, 0.25) is 0 Å². The number of esters is 2. The maximum atomic E-state index is 13.1. The molecule has 8 heteroatoms. The summed E-state index contributed by atoms with van der Waals surface area (Å²) in [4.78, 5) is 53.0. The van der Waals surface area contributed by atoms with Gasteiger partial charge in [-0.25, -0.2) is 9.59 Å². The molecule has 0 bridgehead atoms. The number of amides is 1. The fourth-order valence-corrected chi connectivity index (χ4v) is 4.11. The van der Waals surface area contributed by atoms with Crippen molar-refractivity contribution in [1.82, 2.24) is 4.90 Å². The summed E-state index contributed by atoms with van der Waals surface area (Å²) >= 11 is 0. The Morgan fingerprint density at radius 2 is 1.45 bits per heavy atom. The maximum absolute atomic E-state index is 13.1. The van der Waals surface area contributed by atoms with Crippen molar-refractivity contribution in [2.24, 2.45) is 0 Å². The molecule has 1 fully saturated rings. The van der Waals surface area contributed by atoms with Gasteiger partial charge in [0.05, 0.1) is 12.5 Å². The molecule has 0 aliphatic carbocycles. The lowest BCUT2D eigenvalue weighted by Crippen LogP contribution is -2.45. The van der Waals surface area contributed by atoms with Crippen LogP contribution in [-0.4, -0.2) is 58.6 Å². The Balaban J connectivity index is 1.73. The Bertz CT molecular complexity index is 1140. The van der Waals surface area contributed by atoms with Gasteiger partial charge in [0.2, 0.25) is 0 Å². The molecule has 204 valence electrons. The smallest absolute Gasteiger partial charge is 0.411 e. The van der Waals surface area contributed by atoms with Crippen molar-refractivity contribution in [3.8, 4) is 0 Å². The Morgan fingerprint density at radius 3 is 2.05 bits per heavy atom. The van der Waals surface area contributed by atoms with Crippen molar-refractivity contribution < 1.29 is 33.4 Å². The molecule has 1 heterocycles. The van der Waals surface area contributed by atoms with E-state index in [-0.39, 0.29) is 18.7 Å². The van der Waals surface area contributed by atoms with Gasteiger partial charge in [-0.1, -0.05) is 48.5 Å². The first kappa shape index (κ1) is 28.9. The van der Waals surface area contributed by atoms with Gasteiger partial charge in [0.25, 0.3) is 0 Å². The molecule has 38 heavy (non-hydrogen) atoms. The number of carbonyl (C=O) groups excluding carboxylic acids is 4. The van der Waals surface area contributed by atoms with E-state index in [0.29, 0.717) is 16.7 Å². The van der Waals surface area contributed by atoms with Crippen molar-refractivity contribution >= 4 is 23.8 Å². The van der Waals surface area contributed by atoms with E-state index in [1.807, 2.05) is 6.07 Å². The summed E-state index contributed by atoms with van der Waals surface area (Å²) in [6, 6.07) is 14.9. The van der Waals surface area contributed by atoms with E-state index in [9.17, 15) is 19.2 Å². The lowest BCUT2D eigenvalue weighted by atomic mass is 9.96. The van der Waals surface area contributed by atoms with Gasteiger partial charge in [0.1, 0.15) is 23.3 Å². The lowest BCUT2D eigenvalue weighted by Gasteiger charge is -2.29. The molecule has 0 unspecified atom stereocenters. The molecule has 0 saturated carbocycles. The number of likely N-dealkylation sites (tertiary alicyclic amines) is 1. The molecular formula is C30H37NO7. The van der Waals surface area contributed by atoms with Crippen LogP contribution in [0.4, 0.5) is 4.79 Å². The number of hydrogen-bond acceptors (Lipinski definition) is 7. The normalized spacial score (nSPS) is 18.4. The molecule has 1 saturated heterocycles. The topological polar surface area (TPSA) is 99.2 Å². The third-order valence-corrected chi connectivity index (χ3v) is 5.89. The number of ketones is 1. The quantitative estimate of drug-likeness (QED) is 0.288. The molecule has 1 aliphatic heterocycles. The highest BCUT2D eigenvalue weighted by Gasteiger charge is 2.45. The highest BCUT2D eigenvalue weighted by Crippen LogP contribution is 2.28. The maximum Gasteiger partial charge on any atom is 0.411 e. The molecule has 2 aromatic carbocycles. The second-order valence-electron chi connectivity index (χ2n) is 11.5. The third kappa shape index (κ3) is 7.66. The summed E-state index contributed by atoms with van der Waals surface area (Å²) in [5, 5.41) is 0. The Morgan fingerprint density at radius 1 is 0.842 bits per heavy atom. The van der Waals surface area contributed by atoms with E-state index in [4.69, 9.17) is 14.2 Å². The number of hydrogen-bond donors (Lipinski definition) is 0.